The van der Waals surface area contributed by atoms with Crippen molar-refractivity contribution in [3.05, 3.63) is 23.8 Å². The number of nitrogens with one attached hydrogen (secondary N) is 1. The molecule has 0 fully saturated rings. The average molecular weight is 253 g/mol. The minimum Gasteiger partial charge on any atom is -0.497 e. The van der Waals surface area contributed by atoms with Gasteiger partial charge in [0.1, 0.15) is 11.5 Å². The molecule has 1 aromatic carbocycles. The van der Waals surface area contributed by atoms with Crippen LogP contribution in [0.1, 0.15) is 12.5 Å². The molecular formula is C13H19NO4. The van der Waals surface area contributed by atoms with Gasteiger partial charge in [-0.2, -0.15) is 0 Å². The third kappa shape index (κ3) is 4.25. The van der Waals surface area contributed by atoms with Crippen LogP contribution >= 0.6 is 0 Å². The number of carboxylic acid groups (broad SMARTS) is 1. The van der Waals surface area contributed by atoms with Crippen molar-refractivity contribution in [3.8, 4) is 11.5 Å². The minimum absolute atomic E-state index is 0.0436. The van der Waals surface area contributed by atoms with E-state index in [2.05, 4.69) is 5.32 Å². The summed E-state index contributed by atoms with van der Waals surface area (Å²) < 4.78 is 10.4. The molecule has 0 aliphatic rings. The molecule has 1 rings (SSSR count). The van der Waals surface area contributed by atoms with E-state index in [4.69, 9.17) is 14.6 Å². The van der Waals surface area contributed by atoms with Crippen molar-refractivity contribution in [2.45, 2.75) is 19.4 Å². The van der Waals surface area contributed by atoms with Crippen LogP contribution in [0.2, 0.25) is 0 Å². The molecule has 0 spiro atoms. The van der Waals surface area contributed by atoms with Crippen LogP contribution in [-0.2, 0) is 11.2 Å². The number of carboxylic acids is 1. The van der Waals surface area contributed by atoms with Gasteiger partial charge in [-0.3, -0.25) is 4.79 Å². The predicted molar refractivity (Wildman–Crippen MR) is 68.4 cm³/mol. The first-order valence-corrected chi connectivity index (χ1v) is 5.73. The van der Waals surface area contributed by atoms with E-state index in [-0.39, 0.29) is 12.6 Å². The fourth-order valence-electron chi connectivity index (χ4n) is 1.71. The SMILES string of the molecule is COc1ccc(OC)c(CC(C)NCC(=O)O)c1. The van der Waals surface area contributed by atoms with E-state index in [9.17, 15) is 4.79 Å². The molecule has 0 amide bonds. The highest BCUT2D eigenvalue weighted by Gasteiger charge is 2.10. The molecule has 100 valence electrons. The smallest absolute Gasteiger partial charge is 0.317 e. The summed E-state index contributed by atoms with van der Waals surface area (Å²) in [5, 5.41) is 11.5. The zero-order valence-corrected chi connectivity index (χ0v) is 10.9. The predicted octanol–water partition coefficient (Wildman–Crippen LogP) is 1.31. The number of hydrogen-bond acceptors (Lipinski definition) is 4. The van der Waals surface area contributed by atoms with Crippen LogP contribution in [0.25, 0.3) is 0 Å². The molecule has 5 heteroatoms. The lowest BCUT2D eigenvalue weighted by Crippen LogP contribution is -2.32. The van der Waals surface area contributed by atoms with Gasteiger partial charge in [0.25, 0.3) is 0 Å². The van der Waals surface area contributed by atoms with Crippen molar-refractivity contribution in [3.63, 3.8) is 0 Å². The van der Waals surface area contributed by atoms with E-state index < -0.39 is 5.97 Å². The lowest BCUT2D eigenvalue weighted by molar-refractivity contribution is -0.136. The largest absolute Gasteiger partial charge is 0.497 e. The van der Waals surface area contributed by atoms with Gasteiger partial charge >= 0.3 is 5.97 Å². The van der Waals surface area contributed by atoms with Crippen LogP contribution < -0.4 is 14.8 Å². The van der Waals surface area contributed by atoms with Gasteiger partial charge in [0.15, 0.2) is 0 Å². The number of benzene rings is 1. The van der Waals surface area contributed by atoms with Gasteiger partial charge in [-0.25, -0.2) is 0 Å². The first-order valence-electron chi connectivity index (χ1n) is 5.73. The van der Waals surface area contributed by atoms with Gasteiger partial charge in [0.05, 0.1) is 20.8 Å². The van der Waals surface area contributed by atoms with Crippen molar-refractivity contribution in [2.24, 2.45) is 0 Å². The van der Waals surface area contributed by atoms with Crippen molar-refractivity contribution in [1.82, 2.24) is 5.32 Å². The average Bonchev–Trinajstić information content (AvgIpc) is 2.36. The topological polar surface area (TPSA) is 67.8 Å². The Balaban J connectivity index is 2.71. The van der Waals surface area contributed by atoms with E-state index in [1.165, 1.54) is 0 Å². The summed E-state index contributed by atoms with van der Waals surface area (Å²) in [6.45, 7) is 1.88. The first kappa shape index (κ1) is 14.3. The second-order valence-corrected chi connectivity index (χ2v) is 4.06. The lowest BCUT2D eigenvalue weighted by atomic mass is 10.1. The second kappa shape index (κ2) is 6.86. The lowest BCUT2D eigenvalue weighted by Gasteiger charge is -2.15. The number of hydrogen-bond donors (Lipinski definition) is 2. The van der Waals surface area contributed by atoms with E-state index in [0.717, 1.165) is 17.1 Å². The summed E-state index contributed by atoms with van der Waals surface area (Å²) in [6.07, 6.45) is 0.674. The number of aliphatic carboxylic acids is 1. The van der Waals surface area contributed by atoms with Crippen LogP contribution in [0.15, 0.2) is 18.2 Å². The molecule has 5 nitrogen and oxygen atoms in total. The molecule has 1 aromatic rings. The molecule has 0 saturated carbocycles. The van der Waals surface area contributed by atoms with Crippen LogP contribution in [0.4, 0.5) is 0 Å². The normalized spacial score (nSPS) is 11.9. The summed E-state index contributed by atoms with van der Waals surface area (Å²) in [7, 11) is 3.22. The minimum atomic E-state index is -0.862. The Morgan fingerprint density at radius 2 is 2.11 bits per heavy atom. The monoisotopic (exact) mass is 253 g/mol. The number of rotatable bonds is 7. The molecule has 0 aliphatic carbocycles. The summed E-state index contributed by atoms with van der Waals surface area (Å²) in [5.74, 6) is 0.676. The van der Waals surface area contributed by atoms with E-state index in [0.29, 0.717) is 6.42 Å². The van der Waals surface area contributed by atoms with Gasteiger partial charge in [0.2, 0.25) is 0 Å². The third-order valence-electron chi connectivity index (χ3n) is 2.62. The van der Waals surface area contributed by atoms with Crippen molar-refractivity contribution >= 4 is 5.97 Å². The Morgan fingerprint density at radius 1 is 1.39 bits per heavy atom. The summed E-state index contributed by atoms with van der Waals surface area (Å²) in [5.41, 5.74) is 0.988. The highest BCUT2D eigenvalue weighted by Crippen LogP contribution is 2.25. The maximum Gasteiger partial charge on any atom is 0.317 e. The summed E-state index contributed by atoms with van der Waals surface area (Å²) in [6, 6.07) is 5.62. The zero-order chi connectivity index (χ0) is 13.5. The standard InChI is InChI=1S/C13H19NO4/c1-9(14-8-13(15)16)6-10-7-11(17-2)4-5-12(10)18-3/h4-5,7,9,14H,6,8H2,1-3H3,(H,15,16). The Labute approximate surface area is 107 Å². The number of carbonyl (C=O) groups is 1. The molecule has 0 aliphatic heterocycles. The van der Waals surface area contributed by atoms with Crippen molar-refractivity contribution in [1.29, 1.82) is 0 Å². The summed E-state index contributed by atoms with van der Waals surface area (Å²) in [4.78, 5) is 10.5. The first-order chi connectivity index (χ1) is 8.56. The van der Waals surface area contributed by atoms with Crippen molar-refractivity contribution in [2.75, 3.05) is 20.8 Å². The highest BCUT2D eigenvalue weighted by atomic mass is 16.5. The molecule has 18 heavy (non-hydrogen) atoms. The van der Waals surface area contributed by atoms with Gasteiger partial charge in [0, 0.05) is 6.04 Å². The second-order valence-electron chi connectivity index (χ2n) is 4.06. The maximum atomic E-state index is 10.5. The Bertz CT molecular complexity index is 406. The van der Waals surface area contributed by atoms with Crippen LogP contribution in [-0.4, -0.2) is 37.9 Å². The maximum absolute atomic E-state index is 10.5. The van der Waals surface area contributed by atoms with Crippen LogP contribution in [0.3, 0.4) is 0 Å². The molecule has 0 aromatic heterocycles. The highest BCUT2D eigenvalue weighted by molar-refractivity contribution is 5.69. The fraction of sp³-hybridized carbons (Fsp3) is 0.462. The van der Waals surface area contributed by atoms with Gasteiger partial charge in [-0.15, -0.1) is 0 Å². The van der Waals surface area contributed by atoms with Gasteiger partial charge in [-0.1, -0.05) is 0 Å². The quantitative estimate of drug-likeness (QED) is 0.767. The number of methoxy groups -OCH3 is 2. The zero-order valence-electron chi connectivity index (χ0n) is 10.9. The molecule has 2 N–H and O–H groups in total. The molecule has 0 saturated heterocycles. The van der Waals surface area contributed by atoms with Gasteiger partial charge in [-0.05, 0) is 37.1 Å². The van der Waals surface area contributed by atoms with Gasteiger partial charge < -0.3 is 19.9 Å². The number of ether oxygens (including phenoxy) is 2. The van der Waals surface area contributed by atoms with E-state index in [1.807, 2.05) is 25.1 Å². The molecule has 1 atom stereocenters. The van der Waals surface area contributed by atoms with Crippen LogP contribution in [0, 0.1) is 0 Å². The summed E-state index contributed by atoms with van der Waals surface area (Å²) >= 11 is 0. The van der Waals surface area contributed by atoms with E-state index in [1.54, 1.807) is 14.2 Å². The Morgan fingerprint density at radius 3 is 2.67 bits per heavy atom. The van der Waals surface area contributed by atoms with E-state index >= 15 is 0 Å². The molecule has 0 radical (unpaired) electrons. The fourth-order valence-corrected chi connectivity index (χ4v) is 1.71. The Kier molecular flexibility index (Phi) is 5.45. The molecule has 0 heterocycles. The van der Waals surface area contributed by atoms with Crippen molar-refractivity contribution < 1.29 is 19.4 Å². The molecule has 0 bridgehead atoms. The van der Waals surface area contributed by atoms with Crippen LogP contribution in [0.5, 0.6) is 11.5 Å². The molecular weight excluding hydrogens is 234 g/mol. The molecule has 1 unspecified atom stereocenters. The Hall–Kier alpha value is -1.75. The third-order valence-corrected chi connectivity index (χ3v) is 2.62.